The van der Waals surface area contributed by atoms with E-state index in [0.717, 1.165) is 18.6 Å². The lowest BCUT2D eigenvalue weighted by molar-refractivity contribution is 0.420. The zero-order valence-electron chi connectivity index (χ0n) is 24.8. The van der Waals surface area contributed by atoms with Gasteiger partial charge in [0.25, 0.3) is 0 Å². The third kappa shape index (κ3) is 12.0. The van der Waals surface area contributed by atoms with E-state index in [2.05, 4.69) is 54.8 Å². The fourth-order valence-electron chi connectivity index (χ4n) is 5.63. The Hall–Kier alpha value is -1.68. The van der Waals surface area contributed by atoms with Crippen LogP contribution >= 0.6 is 11.6 Å². The molecular weight excluding hydrogens is 490 g/mol. The zero-order valence-corrected chi connectivity index (χ0v) is 25.6. The first-order valence-corrected chi connectivity index (χ1v) is 16.1. The molecule has 38 heavy (non-hydrogen) atoms. The van der Waals surface area contributed by atoms with Crippen LogP contribution < -0.4 is 4.74 Å². The van der Waals surface area contributed by atoms with Crippen LogP contribution in [0.1, 0.15) is 166 Å². The maximum Gasteiger partial charge on any atom is 0.324 e. The maximum absolute atomic E-state index is 7.01. The second-order valence-corrected chi connectivity index (χ2v) is 11.4. The van der Waals surface area contributed by atoms with Crippen LogP contribution in [0.4, 0.5) is 0 Å². The standard InChI is InChI=1S/C33H54ClN3O/c1-5-9-11-13-15-17-21-27(19-7-3)29-23-30(28(20-8-4)22-18-16-14-12-10-6-2)32(31(34)24-29)38-33-36-25-35-26-37-33/h23-28H,5-22H2,1-4H3. The van der Waals surface area contributed by atoms with Gasteiger partial charge >= 0.3 is 6.01 Å². The Balaban J connectivity index is 2.29. The molecule has 2 unspecified atom stereocenters. The molecule has 214 valence electrons. The van der Waals surface area contributed by atoms with Crippen LogP contribution in [0.3, 0.4) is 0 Å². The van der Waals surface area contributed by atoms with Gasteiger partial charge in [0, 0.05) is 0 Å². The Morgan fingerprint density at radius 1 is 0.632 bits per heavy atom. The average Bonchev–Trinajstić information content (AvgIpc) is 2.93. The summed E-state index contributed by atoms with van der Waals surface area (Å²) in [7, 11) is 0. The van der Waals surface area contributed by atoms with E-state index in [4.69, 9.17) is 16.3 Å². The van der Waals surface area contributed by atoms with Gasteiger partial charge in [0.05, 0.1) is 5.02 Å². The van der Waals surface area contributed by atoms with E-state index in [1.54, 1.807) is 0 Å². The minimum absolute atomic E-state index is 0.308. The Bertz CT molecular complexity index is 861. The summed E-state index contributed by atoms with van der Waals surface area (Å²) < 4.78 is 6.26. The van der Waals surface area contributed by atoms with Crippen LogP contribution in [0.2, 0.25) is 5.02 Å². The van der Waals surface area contributed by atoms with Crippen molar-refractivity contribution in [2.75, 3.05) is 0 Å². The number of hydrogen-bond acceptors (Lipinski definition) is 4. The first-order chi connectivity index (χ1) is 18.6. The highest BCUT2D eigenvalue weighted by Gasteiger charge is 2.23. The molecule has 0 bridgehead atoms. The molecule has 2 rings (SSSR count). The summed E-state index contributed by atoms with van der Waals surface area (Å²) in [5.41, 5.74) is 2.62. The maximum atomic E-state index is 7.01. The fourth-order valence-corrected chi connectivity index (χ4v) is 5.90. The van der Waals surface area contributed by atoms with E-state index in [1.807, 2.05) is 0 Å². The molecule has 1 aromatic carbocycles. The lowest BCUT2D eigenvalue weighted by Crippen LogP contribution is -2.07. The lowest BCUT2D eigenvalue weighted by atomic mass is 9.83. The molecule has 2 aromatic rings. The summed E-state index contributed by atoms with van der Waals surface area (Å²) in [5.74, 6) is 1.71. The molecule has 4 nitrogen and oxygen atoms in total. The zero-order chi connectivity index (χ0) is 27.4. The molecule has 2 atom stereocenters. The second kappa shape index (κ2) is 20.3. The fraction of sp³-hybridized carbons (Fsp3) is 0.727. The van der Waals surface area contributed by atoms with Gasteiger partial charge in [-0.05, 0) is 54.7 Å². The smallest absolute Gasteiger partial charge is 0.324 e. The van der Waals surface area contributed by atoms with Gasteiger partial charge in [0.1, 0.15) is 12.7 Å². The van der Waals surface area contributed by atoms with Gasteiger partial charge in [-0.25, -0.2) is 4.98 Å². The third-order valence-electron chi connectivity index (χ3n) is 7.76. The van der Waals surface area contributed by atoms with Gasteiger partial charge < -0.3 is 4.74 Å². The largest absolute Gasteiger partial charge is 0.422 e. The van der Waals surface area contributed by atoms with E-state index in [9.17, 15) is 0 Å². The highest BCUT2D eigenvalue weighted by atomic mass is 35.5. The van der Waals surface area contributed by atoms with Gasteiger partial charge in [0.2, 0.25) is 0 Å². The summed E-state index contributed by atoms with van der Waals surface area (Å²) in [6.07, 6.45) is 25.9. The number of aromatic nitrogens is 3. The summed E-state index contributed by atoms with van der Waals surface area (Å²) in [4.78, 5) is 12.4. The number of hydrogen-bond donors (Lipinski definition) is 0. The number of ether oxygens (including phenoxy) is 1. The van der Waals surface area contributed by atoms with E-state index in [0.29, 0.717) is 22.9 Å². The molecule has 0 fully saturated rings. The van der Waals surface area contributed by atoms with Crippen LogP contribution in [0.15, 0.2) is 24.8 Å². The molecule has 0 saturated heterocycles. The van der Waals surface area contributed by atoms with Gasteiger partial charge in [-0.3, -0.25) is 0 Å². The van der Waals surface area contributed by atoms with Crippen molar-refractivity contribution in [2.24, 2.45) is 0 Å². The minimum Gasteiger partial charge on any atom is -0.422 e. The average molecular weight is 544 g/mol. The van der Waals surface area contributed by atoms with Crippen molar-refractivity contribution in [1.82, 2.24) is 15.0 Å². The van der Waals surface area contributed by atoms with Crippen molar-refractivity contribution in [3.8, 4) is 11.8 Å². The molecule has 0 aliphatic heterocycles. The molecule has 0 radical (unpaired) electrons. The van der Waals surface area contributed by atoms with Crippen LogP contribution in [-0.2, 0) is 0 Å². The molecule has 0 aliphatic carbocycles. The summed E-state index contributed by atoms with van der Waals surface area (Å²) in [6.45, 7) is 9.14. The van der Waals surface area contributed by atoms with Gasteiger partial charge in [0.15, 0.2) is 5.75 Å². The second-order valence-electron chi connectivity index (χ2n) is 11.0. The van der Waals surface area contributed by atoms with Crippen LogP contribution in [-0.4, -0.2) is 15.0 Å². The SMILES string of the molecule is CCCCCCCCC(CCC)c1cc(Cl)c(Oc2ncncn2)c(C(CCC)CCCCCCCC)c1. The first-order valence-electron chi connectivity index (χ1n) is 15.8. The van der Waals surface area contributed by atoms with Crippen molar-refractivity contribution >= 4 is 11.6 Å². The van der Waals surface area contributed by atoms with Crippen molar-refractivity contribution in [3.05, 3.63) is 40.9 Å². The van der Waals surface area contributed by atoms with Gasteiger partial charge in [-0.1, -0.05) is 135 Å². The number of rotatable bonds is 22. The highest BCUT2D eigenvalue weighted by molar-refractivity contribution is 6.32. The number of benzene rings is 1. The molecular formula is C33H54ClN3O. The van der Waals surface area contributed by atoms with E-state index < -0.39 is 0 Å². The van der Waals surface area contributed by atoms with Crippen LogP contribution in [0.5, 0.6) is 11.8 Å². The lowest BCUT2D eigenvalue weighted by Gasteiger charge is -2.24. The van der Waals surface area contributed by atoms with Crippen molar-refractivity contribution in [2.45, 2.75) is 155 Å². The highest BCUT2D eigenvalue weighted by Crippen LogP contribution is 2.43. The molecule has 0 spiro atoms. The minimum atomic E-state index is 0.308. The number of halogens is 1. The van der Waals surface area contributed by atoms with Crippen molar-refractivity contribution in [1.29, 1.82) is 0 Å². The Morgan fingerprint density at radius 2 is 1.16 bits per heavy atom. The summed E-state index contributed by atoms with van der Waals surface area (Å²) in [5, 5.41) is 0.686. The normalized spacial score (nSPS) is 13.0. The molecule has 1 aromatic heterocycles. The van der Waals surface area contributed by atoms with E-state index in [-0.39, 0.29) is 0 Å². The number of unbranched alkanes of at least 4 members (excludes halogenated alkanes) is 10. The van der Waals surface area contributed by atoms with Crippen molar-refractivity contribution < 1.29 is 4.74 Å². The number of nitrogens with zero attached hydrogens (tertiary/aromatic N) is 3. The van der Waals surface area contributed by atoms with Gasteiger partial charge in [-0.15, -0.1) is 0 Å². The molecule has 5 heteroatoms. The van der Waals surface area contributed by atoms with Crippen LogP contribution in [0, 0.1) is 0 Å². The topological polar surface area (TPSA) is 47.9 Å². The summed E-state index contributed by atoms with van der Waals surface area (Å²) >= 11 is 7.01. The molecule has 0 N–H and O–H groups in total. The van der Waals surface area contributed by atoms with Crippen molar-refractivity contribution in [3.63, 3.8) is 0 Å². The van der Waals surface area contributed by atoms with E-state index in [1.165, 1.54) is 127 Å². The van der Waals surface area contributed by atoms with Crippen LogP contribution in [0.25, 0.3) is 0 Å². The third-order valence-corrected chi connectivity index (χ3v) is 8.04. The molecule has 1 heterocycles. The Labute approximate surface area is 238 Å². The Kier molecular flexibility index (Phi) is 17.3. The molecule has 0 amide bonds. The van der Waals surface area contributed by atoms with Gasteiger partial charge in [-0.2, -0.15) is 9.97 Å². The molecule has 0 aliphatic rings. The monoisotopic (exact) mass is 543 g/mol. The Morgan fingerprint density at radius 3 is 1.74 bits per heavy atom. The predicted octanol–water partition coefficient (Wildman–Crippen LogP) is 11.6. The first kappa shape index (κ1) is 32.5. The quantitative estimate of drug-likeness (QED) is 0.138. The summed E-state index contributed by atoms with van der Waals surface area (Å²) in [6, 6.07) is 4.90. The predicted molar refractivity (Wildman–Crippen MR) is 163 cm³/mol. The molecule has 0 saturated carbocycles. The van der Waals surface area contributed by atoms with E-state index >= 15 is 0 Å².